The zero-order chi connectivity index (χ0) is 27.8. The van der Waals surface area contributed by atoms with Crippen molar-refractivity contribution in [3.05, 3.63) is 59.7 Å². The number of hydrogen-bond acceptors (Lipinski definition) is 11. The number of benzene rings is 2. The fourth-order valence-corrected chi connectivity index (χ4v) is 3.65. The Morgan fingerprint density at radius 2 is 1.16 bits per heavy atom. The van der Waals surface area contributed by atoms with Gasteiger partial charge in [-0.1, -0.05) is 24.3 Å². The molecular formula is C24H27NO11S. The van der Waals surface area contributed by atoms with E-state index in [1.165, 1.54) is 55.1 Å². The molecule has 2 atom stereocenters. The van der Waals surface area contributed by atoms with E-state index in [4.69, 9.17) is 18.9 Å². The molecule has 0 aliphatic heterocycles. The maximum Gasteiger partial charge on any atom is 0.343 e. The van der Waals surface area contributed by atoms with Crippen LogP contribution in [0.15, 0.2) is 48.5 Å². The Morgan fingerprint density at radius 3 is 1.51 bits per heavy atom. The van der Waals surface area contributed by atoms with Crippen LogP contribution in [0.3, 0.4) is 0 Å². The summed E-state index contributed by atoms with van der Waals surface area (Å²) < 4.78 is 52.9. The van der Waals surface area contributed by atoms with Crippen molar-refractivity contribution in [2.75, 3.05) is 12.3 Å². The fourth-order valence-electron chi connectivity index (χ4n) is 3.21. The Labute approximate surface area is 213 Å². The molecule has 0 aromatic heterocycles. The predicted octanol–water partition coefficient (Wildman–Crippen LogP) is 2.43. The molecule has 2 aromatic rings. The van der Waals surface area contributed by atoms with Crippen LogP contribution in [0.2, 0.25) is 0 Å². The molecule has 2 unspecified atom stereocenters. The summed E-state index contributed by atoms with van der Waals surface area (Å²) in [6.45, 7) is 4.73. The molecule has 2 aromatic carbocycles. The summed E-state index contributed by atoms with van der Waals surface area (Å²) in [6, 6.07) is 11.7. The summed E-state index contributed by atoms with van der Waals surface area (Å²) in [7, 11) is -4.43. The van der Waals surface area contributed by atoms with Gasteiger partial charge in [-0.15, -0.1) is 0 Å². The minimum Gasteiger partial charge on any atom is -0.443 e. The van der Waals surface area contributed by atoms with E-state index in [9.17, 15) is 32.1 Å². The Balaban J connectivity index is 2.25. The van der Waals surface area contributed by atoms with Gasteiger partial charge in [0.1, 0.15) is 22.6 Å². The maximum absolute atomic E-state index is 12.8. The van der Waals surface area contributed by atoms with Crippen molar-refractivity contribution in [1.82, 2.24) is 4.90 Å². The lowest BCUT2D eigenvalue weighted by atomic mass is 10.2. The highest BCUT2D eigenvalue weighted by Crippen LogP contribution is 2.23. The number of ether oxygens (including phenoxy) is 4. The first-order valence-corrected chi connectivity index (χ1v) is 12.6. The molecule has 0 bridgehead atoms. The molecule has 0 spiro atoms. The van der Waals surface area contributed by atoms with Gasteiger partial charge in [0.15, 0.2) is 12.5 Å². The van der Waals surface area contributed by atoms with E-state index in [2.05, 4.69) is 0 Å². The van der Waals surface area contributed by atoms with Crippen LogP contribution in [-0.4, -0.2) is 66.5 Å². The maximum atomic E-state index is 12.8. The van der Waals surface area contributed by atoms with Gasteiger partial charge in [0.05, 0.1) is 5.75 Å². The third-order valence-electron chi connectivity index (χ3n) is 4.82. The van der Waals surface area contributed by atoms with Gasteiger partial charge < -0.3 is 18.9 Å². The predicted molar refractivity (Wildman–Crippen MR) is 128 cm³/mol. The van der Waals surface area contributed by atoms with Gasteiger partial charge in [-0.2, -0.15) is 8.42 Å². The van der Waals surface area contributed by atoms with Crippen molar-refractivity contribution in [3.8, 4) is 11.5 Å². The third kappa shape index (κ3) is 9.29. The fraction of sp³-hybridized carbons (Fsp3) is 0.333. The molecular weight excluding hydrogens is 510 g/mol. The van der Waals surface area contributed by atoms with Crippen LogP contribution in [0.5, 0.6) is 11.5 Å². The third-order valence-corrected chi connectivity index (χ3v) is 5.52. The average molecular weight is 538 g/mol. The van der Waals surface area contributed by atoms with Crippen molar-refractivity contribution in [1.29, 1.82) is 0 Å². The van der Waals surface area contributed by atoms with Gasteiger partial charge in [0.2, 0.25) is 0 Å². The molecule has 12 nitrogen and oxygen atoms in total. The van der Waals surface area contributed by atoms with Gasteiger partial charge in [-0.3, -0.25) is 14.1 Å². The molecule has 13 heteroatoms. The lowest BCUT2D eigenvalue weighted by Gasteiger charge is -2.33. The van der Waals surface area contributed by atoms with Gasteiger partial charge in [-0.25, -0.2) is 14.5 Å². The Morgan fingerprint density at radius 1 is 0.784 bits per heavy atom. The Hall–Kier alpha value is -3.81. The van der Waals surface area contributed by atoms with Crippen molar-refractivity contribution in [2.24, 2.45) is 0 Å². The molecule has 0 fully saturated rings. The first kappa shape index (κ1) is 29.4. The van der Waals surface area contributed by atoms with E-state index in [0.29, 0.717) is 0 Å². The highest BCUT2D eigenvalue weighted by molar-refractivity contribution is 7.85. The van der Waals surface area contributed by atoms with Crippen molar-refractivity contribution >= 4 is 34.0 Å². The van der Waals surface area contributed by atoms with Crippen LogP contribution in [0.25, 0.3) is 0 Å². The van der Waals surface area contributed by atoms with Gasteiger partial charge in [-0.05, 0) is 38.1 Å². The molecule has 1 N–H and O–H groups in total. The topological polar surface area (TPSA) is 163 Å². The summed E-state index contributed by atoms with van der Waals surface area (Å²) in [5, 5.41) is 0. The number of para-hydroxylation sites is 2. The summed E-state index contributed by atoms with van der Waals surface area (Å²) in [6.07, 6.45) is -2.35. The summed E-state index contributed by atoms with van der Waals surface area (Å²) >= 11 is 0. The van der Waals surface area contributed by atoms with Crippen molar-refractivity contribution in [2.45, 2.75) is 40.2 Å². The number of rotatable bonds is 11. The van der Waals surface area contributed by atoms with Crippen molar-refractivity contribution < 1.29 is 51.1 Å². The van der Waals surface area contributed by atoms with E-state index >= 15 is 0 Å². The molecule has 0 saturated carbocycles. The van der Waals surface area contributed by atoms with Crippen LogP contribution in [-0.2, 0) is 29.2 Å². The molecule has 0 saturated heterocycles. The molecule has 200 valence electrons. The van der Waals surface area contributed by atoms with E-state index in [1.54, 1.807) is 12.1 Å². The monoisotopic (exact) mass is 537 g/mol. The zero-order valence-electron chi connectivity index (χ0n) is 20.6. The average Bonchev–Trinajstić information content (AvgIpc) is 2.78. The molecule has 0 amide bonds. The van der Waals surface area contributed by atoms with E-state index in [0.717, 1.165) is 13.8 Å². The number of nitrogens with zero attached hydrogens (tertiary/aromatic N) is 1. The lowest BCUT2D eigenvalue weighted by Crippen LogP contribution is -2.47. The summed E-state index contributed by atoms with van der Waals surface area (Å²) in [4.78, 5) is 49.5. The lowest BCUT2D eigenvalue weighted by molar-refractivity contribution is -0.132. The smallest absolute Gasteiger partial charge is 0.343 e. The molecule has 0 aliphatic rings. The minimum absolute atomic E-state index is 0.0433. The molecule has 0 heterocycles. The second-order valence-corrected chi connectivity index (χ2v) is 9.28. The van der Waals surface area contributed by atoms with Crippen molar-refractivity contribution in [3.63, 3.8) is 0 Å². The van der Waals surface area contributed by atoms with Gasteiger partial charge in [0, 0.05) is 20.4 Å². The van der Waals surface area contributed by atoms with Crippen LogP contribution >= 0.6 is 0 Å². The summed E-state index contributed by atoms with van der Waals surface area (Å²) in [5.41, 5.74) is -0.140. The van der Waals surface area contributed by atoms with E-state index in [1.807, 2.05) is 0 Å². The summed E-state index contributed by atoms with van der Waals surface area (Å²) in [5.74, 6) is -3.96. The standard InChI is InChI=1S/C24H27NO11S/c1-15(33-23(28)19-9-5-7-11-21(19)35-17(3)26)25(13-14-37(30,31)32)16(2)34-24(29)20-10-6-8-12-22(20)36-18(4)27/h5-12,15-16H,13-14H2,1-4H3,(H,30,31,32). The van der Waals surface area contributed by atoms with Crippen LogP contribution in [0.1, 0.15) is 48.4 Å². The number of carbonyl (C=O) groups excluding carboxylic acids is 4. The number of esters is 4. The minimum atomic E-state index is -4.43. The van der Waals surface area contributed by atoms with Crippen LogP contribution in [0.4, 0.5) is 0 Å². The quantitative estimate of drug-likeness (QED) is 0.193. The molecule has 2 rings (SSSR count). The van der Waals surface area contributed by atoms with E-state index in [-0.39, 0.29) is 29.2 Å². The first-order valence-electron chi connectivity index (χ1n) is 11.0. The Bertz CT molecular complexity index is 1180. The largest absolute Gasteiger partial charge is 0.443 e. The van der Waals surface area contributed by atoms with Gasteiger partial charge >= 0.3 is 23.9 Å². The van der Waals surface area contributed by atoms with Crippen LogP contribution < -0.4 is 9.47 Å². The highest BCUT2D eigenvalue weighted by atomic mass is 32.2. The second-order valence-electron chi connectivity index (χ2n) is 7.71. The van der Waals surface area contributed by atoms with Gasteiger partial charge in [0.25, 0.3) is 10.1 Å². The SMILES string of the molecule is CC(=O)Oc1ccccc1C(=O)OC(C)N(CCS(=O)(=O)O)C(C)OC(=O)c1ccccc1OC(C)=O. The van der Waals surface area contributed by atoms with Crippen LogP contribution in [0, 0.1) is 0 Å². The molecule has 0 radical (unpaired) electrons. The molecule has 0 aliphatic carbocycles. The Kier molecular flexibility index (Phi) is 10.3. The normalized spacial score (nSPS) is 12.8. The molecule has 37 heavy (non-hydrogen) atoms. The number of hydrogen-bond donors (Lipinski definition) is 1. The number of carbonyl (C=O) groups is 4. The zero-order valence-corrected chi connectivity index (χ0v) is 21.4. The van der Waals surface area contributed by atoms with E-state index < -0.39 is 52.2 Å². The first-order chi connectivity index (χ1) is 17.3. The highest BCUT2D eigenvalue weighted by Gasteiger charge is 2.29. The second kappa shape index (κ2) is 12.9.